The van der Waals surface area contributed by atoms with Gasteiger partial charge in [-0.3, -0.25) is 9.59 Å². The van der Waals surface area contributed by atoms with Crippen LogP contribution >= 0.6 is 0 Å². The van der Waals surface area contributed by atoms with Gasteiger partial charge in [-0.2, -0.15) is 0 Å². The number of hydrogen-bond donors (Lipinski definition) is 2. The maximum absolute atomic E-state index is 13.0. The standard InChI is InChI=1S/C15H20FN3O2/c16-12-6-4-11(5-7-12)13-3-1-2-8-19(13)15(21)10-18-14(20)9-17/h4-7,13H,1-3,8-10,17H2,(H,18,20). The van der Waals surface area contributed by atoms with Crippen molar-refractivity contribution in [3.63, 3.8) is 0 Å². The van der Waals surface area contributed by atoms with E-state index in [-0.39, 0.29) is 36.8 Å². The molecule has 5 nitrogen and oxygen atoms in total. The number of rotatable bonds is 4. The molecule has 2 amide bonds. The molecule has 6 heteroatoms. The van der Waals surface area contributed by atoms with Crippen LogP contribution in [0.4, 0.5) is 4.39 Å². The van der Waals surface area contributed by atoms with E-state index in [4.69, 9.17) is 5.73 Å². The molecule has 1 fully saturated rings. The molecule has 0 aromatic heterocycles. The van der Waals surface area contributed by atoms with E-state index < -0.39 is 0 Å². The van der Waals surface area contributed by atoms with E-state index in [2.05, 4.69) is 5.32 Å². The van der Waals surface area contributed by atoms with Gasteiger partial charge in [-0.15, -0.1) is 0 Å². The van der Waals surface area contributed by atoms with Crippen LogP contribution in [0.1, 0.15) is 30.9 Å². The molecule has 0 spiro atoms. The number of halogens is 1. The van der Waals surface area contributed by atoms with Gasteiger partial charge in [0.1, 0.15) is 5.82 Å². The molecule has 1 saturated heterocycles. The molecule has 1 unspecified atom stereocenters. The van der Waals surface area contributed by atoms with E-state index in [1.807, 2.05) is 0 Å². The highest BCUT2D eigenvalue weighted by molar-refractivity contribution is 5.85. The number of carbonyl (C=O) groups excluding carboxylic acids is 2. The lowest BCUT2D eigenvalue weighted by atomic mass is 9.95. The Bertz CT molecular complexity index is 504. The number of likely N-dealkylation sites (tertiary alicyclic amines) is 1. The highest BCUT2D eigenvalue weighted by Gasteiger charge is 2.27. The minimum absolute atomic E-state index is 0.0479. The predicted octanol–water partition coefficient (Wildman–Crippen LogP) is 0.954. The second-order valence-electron chi connectivity index (χ2n) is 5.13. The van der Waals surface area contributed by atoms with Gasteiger partial charge < -0.3 is 16.0 Å². The molecule has 1 atom stereocenters. The van der Waals surface area contributed by atoms with Crippen molar-refractivity contribution in [2.24, 2.45) is 5.73 Å². The summed E-state index contributed by atoms with van der Waals surface area (Å²) in [7, 11) is 0. The van der Waals surface area contributed by atoms with Gasteiger partial charge in [0.05, 0.1) is 19.1 Å². The number of carbonyl (C=O) groups is 2. The fraction of sp³-hybridized carbons (Fsp3) is 0.467. The first-order valence-corrected chi connectivity index (χ1v) is 7.13. The van der Waals surface area contributed by atoms with Crippen LogP contribution in [0.25, 0.3) is 0 Å². The van der Waals surface area contributed by atoms with Crippen molar-refractivity contribution in [1.29, 1.82) is 0 Å². The zero-order valence-electron chi connectivity index (χ0n) is 11.8. The number of amides is 2. The molecule has 1 aliphatic rings. The Hall–Kier alpha value is -1.95. The zero-order chi connectivity index (χ0) is 15.2. The van der Waals surface area contributed by atoms with Gasteiger partial charge in [-0.05, 0) is 37.0 Å². The molecule has 3 N–H and O–H groups in total. The summed E-state index contributed by atoms with van der Waals surface area (Å²) in [6, 6.07) is 6.18. The molecule has 1 aromatic rings. The number of nitrogens with zero attached hydrogens (tertiary/aromatic N) is 1. The third kappa shape index (κ3) is 4.01. The lowest BCUT2D eigenvalue weighted by molar-refractivity contribution is -0.136. The molecule has 0 aliphatic carbocycles. The van der Waals surface area contributed by atoms with E-state index >= 15 is 0 Å². The van der Waals surface area contributed by atoms with Crippen LogP contribution < -0.4 is 11.1 Å². The Morgan fingerprint density at radius 3 is 2.67 bits per heavy atom. The Labute approximate surface area is 123 Å². The van der Waals surface area contributed by atoms with Crippen LogP contribution in [0.15, 0.2) is 24.3 Å². The van der Waals surface area contributed by atoms with Gasteiger partial charge in [-0.25, -0.2) is 4.39 Å². The van der Waals surface area contributed by atoms with Crippen molar-refractivity contribution in [2.45, 2.75) is 25.3 Å². The molecule has 1 aliphatic heterocycles. The molecule has 0 saturated carbocycles. The van der Waals surface area contributed by atoms with Crippen molar-refractivity contribution >= 4 is 11.8 Å². The number of piperidine rings is 1. The maximum Gasteiger partial charge on any atom is 0.242 e. The van der Waals surface area contributed by atoms with Crippen LogP contribution in [0.2, 0.25) is 0 Å². The molecule has 21 heavy (non-hydrogen) atoms. The lowest BCUT2D eigenvalue weighted by Crippen LogP contribution is -2.45. The minimum atomic E-state index is -0.348. The van der Waals surface area contributed by atoms with Crippen LogP contribution in [0, 0.1) is 5.82 Å². The third-order valence-corrected chi connectivity index (χ3v) is 3.70. The zero-order valence-corrected chi connectivity index (χ0v) is 11.8. The van der Waals surface area contributed by atoms with E-state index in [0.717, 1.165) is 24.8 Å². The average molecular weight is 293 g/mol. The predicted molar refractivity (Wildman–Crippen MR) is 76.8 cm³/mol. The fourth-order valence-corrected chi connectivity index (χ4v) is 2.61. The topological polar surface area (TPSA) is 75.4 Å². The summed E-state index contributed by atoms with van der Waals surface area (Å²) < 4.78 is 13.0. The SMILES string of the molecule is NCC(=O)NCC(=O)N1CCCCC1c1ccc(F)cc1. The summed E-state index contributed by atoms with van der Waals surface area (Å²) in [5.74, 6) is -0.771. The molecule has 2 rings (SSSR count). The quantitative estimate of drug-likeness (QED) is 0.868. The molecular weight excluding hydrogens is 273 g/mol. The highest BCUT2D eigenvalue weighted by atomic mass is 19.1. The van der Waals surface area contributed by atoms with Crippen molar-refractivity contribution < 1.29 is 14.0 Å². The highest BCUT2D eigenvalue weighted by Crippen LogP contribution is 2.30. The Morgan fingerprint density at radius 2 is 2.00 bits per heavy atom. The lowest BCUT2D eigenvalue weighted by Gasteiger charge is -2.36. The van der Waals surface area contributed by atoms with E-state index in [9.17, 15) is 14.0 Å². The van der Waals surface area contributed by atoms with Gasteiger partial charge >= 0.3 is 0 Å². The Morgan fingerprint density at radius 1 is 1.29 bits per heavy atom. The molecule has 0 bridgehead atoms. The minimum Gasteiger partial charge on any atom is -0.346 e. The average Bonchev–Trinajstić information content (AvgIpc) is 2.53. The number of nitrogens with two attached hydrogens (primary N) is 1. The Kier molecular flexibility index (Phi) is 5.27. The van der Waals surface area contributed by atoms with Crippen LogP contribution in [-0.2, 0) is 9.59 Å². The monoisotopic (exact) mass is 293 g/mol. The van der Waals surface area contributed by atoms with E-state index in [1.54, 1.807) is 17.0 Å². The first-order chi connectivity index (χ1) is 10.1. The normalized spacial score (nSPS) is 18.4. The van der Waals surface area contributed by atoms with Crippen molar-refractivity contribution in [3.05, 3.63) is 35.6 Å². The number of benzene rings is 1. The molecule has 0 radical (unpaired) electrons. The second kappa shape index (κ2) is 7.17. The van der Waals surface area contributed by atoms with Crippen molar-refractivity contribution in [1.82, 2.24) is 10.2 Å². The summed E-state index contributed by atoms with van der Waals surface area (Å²) in [5.41, 5.74) is 6.12. The first-order valence-electron chi connectivity index (χ1n) is 7.13. The Balaban J connectivity index is 2.06. The maximum atomic E-state index is 13.0. The van der Waals surface area contributed by atoms with Crippen molar-refractivity contribution in [3.8, 4) is 0 Å². The molecule has 1 heterocycles. The van der Waals surface area contributed by atoms with Crippen LogP contribution in [-0.4, -0.2) is 36.3 Å². The smallest absolute Gasteiger partial charge is 0.242 e. The summed E-state index contributed by atoms with van der Waals surface area (Å²) in [5, 5.41) is 2.50. The largest absolute Gasteiger partial charge is 0.346 e. The second-order valence-corrected chi connectivity index (χ2v) is 5.13. The number of hydrogen-bond acceptors (Lipinski definition) is 3. The van der Waals surface area contributed by atoms with E-state index in [0.29, 0.717) is 6.54 Å². The third-order valence-electron chi connectivity index (χ3n) is 3.70. The molecular formula is C15H20FN3O2. The summed E-state index contributed by atoms with van der Waals surface area (Å²) in [6.07, 6.45) is 2.82. The summed E-state index contributed by atoms with van der Waals surface area (Å²) in [4.78, 5) is 25.2. The molecule has 114 valence electrons. The first kappa shape index (κ1) is 15.4. The summed E-state index contributed by atoms with van der Waals surface area (Å²) >= 11 is 0. The van der Waals surface area contributed by atoms with Crippen LogP contribution in [0.3, 0.4) is 0 Å². The van der Waals surface area contributed by atoms with Crippen LogP contribution in [0.5, 0.6) is 0 Å². The molecule has 1 aromatic carbocycles. The van der Waals surface area contributed by atoms with E-state index in [1.165, 1.54) is 12.1 Å². The summed E-state index contributed by atoms with van der Waals surface area (Å²) in [6.45, 7) is 0.474. The fourth-order valence-electron chi connectivity index (χ4n) is 2.61. The van der Waals surface area contributed by atoms with Gasteiger partial charge in [-0.1, -0.05) is 12.1 Å². The van der Waals surface area contributed by atoms with Gasteiger partial charge in [0.25, 0.3) is 0 Å². The van der Waals surface area contributed by atoms with Gasteiger partial charge in [0.2, 0.25) is 11.8 Å². The van der Waals surface area contributed by atoms with Crippen molar-refractivity contribution in [2.75, 3.05) is 19.6 Å². The van der Waals surface area contributed by atoms with Gasteiger partial charge in [0, 0.05) is 6.54 Å². The van der Waals surface area contributed by atoms with Gasteiger partial charge in [0.15, 0.2) is 0 Å². The number of nitrogens with one attached hydrogen (secondary N) is 1.